The molecule has 8 heteroatoms. The summed E-state index contributed by atoms with van der Waals surface area (Å²) in [4.78, 5) is 25.7. The molecule has 0 aliphatic heterocycles. The zero-order valence-electron chi connectivity index (χ0n) is 19.3. The largest absolute Gasteiger partial charge is 0.325 e. The van der Waals surface area contributed by atoms with Crippen LogP contribution in [0.3, 0.4) is 0 Å². The summed E-state index contributed by atoms with van der Waals surface area (Å²) in [5.41, 5.74) is 3.10. The van der Waals surface area contributed by atoms with Crippen LogP contribution in [0.15, 0.2) is 83.8 Å². The van der Waals surface area contributed by atoms with Crippen LogP contribution < -0.4 is 10.6 Å². The molecule has 2 N–H and O–H groups in total. The van der Waals surface area contributed by atoms with Crippen molar-refractivity contribution in [1.82, 2.24) is 4.31 Å². The SMILES string of the molecule is CCc1ccccc1NC(=O)CN(CC(=O)Nc1ccccc1CC)S(=O)(=O)c1ccccc1. The van der Waals surface area contributed by atoms with E-state index in [1.165, 1.54) is 12.1 Å². The minimum atomic E-state index is -4.10. The Morgan fingerprint density at radius 1 is 0.676 bits per heavy atom. The summed E-state index contributed by atoms with van der Waals surface area (Å²) >= 11 is 0. The van der Waals surface area contributed by atoms with E-state index in [-0.39, 0.29) is 4.90 Å². The van der Waals surface area contributed by atoms with Gasteiger partial charge in [-0.2, -0.15) is 4.31 Å². The van der Waals surface area contributed by atoms with Gasteiger partial charge in [0.15, 0.2) is 0 Å². The Labute approximate surface area is 200 Å². The van der Waals surface area contributed by atoms with Gasteiger partial charge in [0.25, 0.3) is 0 Å². The lowest BCUT2D eigenvalue weighted by Gasteiger charge is -2.22. The number of nitrogens with one attached hydrogen (secondary N) is 2. The molecule has 0 saturated heterocycles. The van der Waals surface area contributed by atoms with Crippen molar-refractivity contribution in [3.05, 3.63) is 90.0 Å². The highest BCUT2D eigenvalue weighted by Crippen LogP contribution is 2.19. The van der Waals surface area contributed by atoms with E-state index in [1.807, 2.05) is 38.1 Å². The molecule has 0 aliphatic carbocycles. The number of anilines is 2. The van der Waals surface area contributed by atoms with Gasteiger partial charge in [-0.05, 0) is 48.2 Å². The molecular formula is C26H29N3O4S. The van der Waals surface area contributed by atoms with Crippen molar-refractivity contribution >= 4 is 33.2 Å². The summed E-state index contributed by atoms with van der Waals surface area (Å²) in [6.45, 7) is 2.93. The first kappa shape index (κ1) is 25.1. The first-order chi connectivity index (χ1) is 16.3. The van der Waals surface area contributed by atoms with Crippen LogP contribution in [0.5, 0.6) is 0 Å². The molecular weight excluding hydrogens is 450 g/mol. The van der Waals surface area contributed by atoms with Crippen LogP contribution in [-0.2, 0) is 32.5 Å². The number of rotatable bonds is 10. The van der Waals surface area contributed by atoms with Crippen LogP contribution in [0, 0.1) is 0 Å². The molecule has 3 aromatic carbocycles. The smallest absolute Gasteiger partial charge is 0.244 e. The monoisotopic (exact) mass is 479 g/mol. The minimum Gasteiger partial charge on any atom is -0.325 e. The summed E-state index contributed by atoms with van der Waals surface area (Å²) in [6.07, 6.45) is 1.42. The highest BCUT2D eigenvalue weighted by atomic mass is 32.2. The highest BCUT2D eigenvalue weighted by Gasteiger charge is 2.29. The molecule has 34 heavy (non-hydrogen) atoms. The predicted octanol–water partition coefficient (Wildman–Crippen LogP) is 4.08. The standard InChI is InChI=1S/C26H29N3O4S/c1-3-20-12-8-10-16-23(20)27-25(30)18-29(34(32,33)22-14-6-5-7-15-22)19-26(31)28-24-17-11-9-13-21(24)4-2/h5-17H,3-4,18-19H2,1-2H3,(H,27,30)(H,28,31). The fraction of sp³-hybridized carbons (Fsp3) is 0.231. The van der Waals surface area contributed by atoms with Gasteiger partial charge in [0, 0.05) is 11.4 Å². The van der Waals surface area contributed by atoms with Crippen LogP contribution in [0.25, 0.3) is 0 Å². The molecule has 3 aromatic rings. The van der Waals surface area contributed by atoms with E-state index >= 15 is 0 Å². The quantitative estimate of drug-likeness (QED) is 0.458. The molecule has 7 nitrogen and oxygen atoms in total. The molecule has 0 radical (unpaired) electrons. The maximum absolute atomic E-state index is 13.3. The van der Waals surface area contributed by atoms with Crippen LogP contribution in [0.2, 0.25) is 0 Å². The molecule has 178 valence electrons. The van der Waals surface area contributed by atoms with E-state index < -0.39 is 34.9 Å². The van der Waals surface area contributed by atoms with E-state index in [1.54, 1.807) is 42.5 Å². The van der Waals surface area contributed by atoms with Crippen LogP contribution >= 0.6 is 0 Å². The Hall–Kier alpha value is -3.49. The van der Waals surface area contributed by atoms with E-state index in [9.17, 15) is 18.0 Å². The van der Waals surface area contributed by atoms with Crippen LogP contribution in [-0.4, -0.2) is 37.6 Å². The summed E-state index contributed by atoms with van der Waals surface area (Å²) in [7, 11) is -4.10. The Morgan fingerprint density at radius 3 is 1.53 bits per heavy atom. The second kappa shape index (κ2) is 11.6. The first-order valence-electron chi connectivity index (χ1n) is 11.2. The topological polar surface area (TPSA) is 95.6 Å². The number of hydrogen-bond donors (Lipinski definition) is 2. The third kappa shape index (κ3) is 6.30. The van der Waals surface area contributed by atoms with Gasteiger partial charge in [0.05, 0.1) is 18.0 Å². The molecule has 0 saturated carbocycles. The Bertz CT molecular complexity index is 1180. The van der Waals surface area contributed by atoms with Gasteiger partial charge >= 0.3 is 0 Å². The fourth-order valence-corrected chi connectivity index (χ4v) is 4.94. The summed E-state index contributed by atoms with van der Waals surface area (Å²) in [5.74, 6) is -1.05. The molecule has 0 aromatic heterocycles. The summed E-state index contributed by atoms with van der Waals surface area (Å²) < 4.78 is 27.5. The fourth-order valence-electron chi connectivity index (χ4n) is 3.57. The third-order valence-corrected chi connectivity index (χ3v) is 7.17. The zero-order chi connectivity index (χ0) is 24.6. The predicted molar refractivity (Wildman–Crippen MR) is 134 cm³/mol. The first-order valence-corrected chi connectivity index (χ1v) is 12.6. The van der Waals surface area contributed by atoms with Crippen molar-refractivity contribution in [1.29, 1.82) is 0 Å². The minimum absolute atomic E-state index is 0.0125. The van der Waals surface area contributed by atoms with Crippen molar-refractivity contribution in [2.24, 2.45) is 0 Å². The molecule has 3 rings (SSSR count). The van der Waals surface area contributed by atoms with E-state index in [2.05, 4.69) is 10.6 Å². The molecule has 0 fully saturated rings. The van der Waals surface area contributed by atoms with Crippen LogP contribution in [0.4, 0.5) is 11.4 Å². The molecule has 0 spiro atoms. The van der Waals surface area contributed by atoms with Crippen molar-refractivity contribution in [2.75, 3.05) is 23.7 Å². The maximum atomic E-state index is 13.3. The molecule has 2 amide bonds. The van der Waals surface area contributed by atoms with E-state index in [0.29, 0.717) is 24.2 Å². The number of carbonyl (C=O) groups excluding carboxylic acids is 2. The number of amides is 2. The average Bonchev–Trinajstić information content (AvgIpc) is 2.84. The van der Waals surface area contributed by atoms with Gasteiger partial charge in [-0.3, -0.25) is 9.59 Å². The lowest BCUT2D eigenvalue weighted by Crippen LogP contribution is -2.42. The van der Waals surface area contributed by atoms with Crippen molar-refractivity contribution in [3.63, 3.8) is 0 Å². The number of hydrogen-bond acceptors (Lipinski definition) is 4. The second-order valence-electron chi connectivity index (χ2n) is 7.70. The lowest BCUT2D eigenvalue weighted by molar-refractivity contribution is -0.118. The number of sulfonamides is 1. The van der Waals surface area contributed by atoms with Crippen molar-refractivity contribution in [3.8, 4) is 0 Å². The summed E-state index contributed by atoms with van der Waals surface area (Å²) in [6, 6.07) is 22.4. The lowest BCUT2D eigenvalue weighted by atomic mass is 10.1. The zero-order valence-corrected chi connectivity index (χ0v) is 20.1. The second-order valence-corrected chi connectivity index (χ2v) is 9.64. The molecule has 0 aliphatic rings. The maximum Gasteiger partial charge on any atom is 0.244 e. The van der Waals surface area contributed by atoms with Gasteiger partial charge in [0.1, 0.15) is 0 Å². The van der Waals surface area contributed by atoms with Crippen molar-refractivity contribution in [2.45, 2.75) is 31.6 Å². The Balaban J connectivity index is 1.83. The van der Waals surface area contributed by atoms with Gasteiger partial charge < -0.3 is 10.6 Å². The Kier molecular flexibility index (Phi) is 8.56. The van der Waals surface area contributed by atoms with E-state index in [4.69, 9.17) is 0 Å². The van der Waals surface area contributed by atoms with Gasteiger partial charge in [-0.25, -0.2) is 8.42 Å². The molecule has 0 atom stereocenters. The van der Waals surface area contributed by atoms with Gasteiger partial charge in [-0.15, -0.1) is 0 Å². The third-order valence-electron chi connectivity index (χ3n) is 5.37. The Morgan fingerprint density at radius 2 is 1.09 bits per heavy atom. The summed E-state index contributed by atoms with van der Waals surface area (Å²) in [5, 5.41) is 5.56. The van der Waals surface area contributed by atoms with Crippen LogP contribution in [0.1, 0.15) is 25.0 Å². The normalized spacial score (nSPS) is 11.3. The van der Waals surface area contributed by atoms with Gasteiger partial charge in [-0.1, -0.05) is 68.4 Å². The van der Waals surface area contributed by atoms with E-state index in [0.717, 1.165) is 15.4 Å². The number of nitrogens with zero attached hydrogens (tertiary/aromatic N) is 1. The van der Waals surface area contributed by atoms with Gasteiger partial charge in [0.2, 0.25) is 21.8 Å². The molecule has 0 unspecified atom stereocenters. The van der Waals surface area contributed by atoms with Crippen molar-refractivity contribution < 1.29 is 18.0 Å². The highest BCUT2D eigenvalue weighted by molar-refractivity contribution is 7.89. The number of para-hydroxylation sites is 2. The number of carbonyl (C=O) groups is 2. The number of aryl methyl sites for hydroxylation is 2. The molecule has 0 heterocycles. The molecule has 0 bridgehead atoms. The average molecular weight is 480 g/mol. The number of benzene rings is 3.